The van der Waals surface area contributed by atoms with E-state index in [9.17, 15) is 14.3 Å². The molecule has 6 heteroatoms. The van der Waals surface area contributed by atoms with Crippen molar-refractivity contribution < 1.29 is 18.7 Å². The van der Waals surface area contributed by atoms with Gasteiger partial charge in [-0.15, -0.1) is 0 Å². The second-order valence-corrected chi connectivity index (χ2v) is 6.04. The summed E-state index contributed by atoms with van der Waals surface area (Å²) in [4.78, 5) is 12.1. The number of carbonyl (C=O) groups is 1. The topological polar surface area (TPSA) is 62.5 Å². The molecular weight excluding hydrogens is 305 g/mol. The van der Waals surface area contributed by atoms with Gasteiger partial charge in [0, 0.05) is 5.39 Å². The smallest absolute Gasteiger partial charge is 0.287 e. The van der Waals surface area contributed by atoms with Gasteiger partial charge in [-0.05, 0) is 53.6 Å². The Morgan fingerprint density at radius 2 is 2.23 bits per heavy atom. The number of amides is 1. The average Bonchev–Trinajstić information content (AvgIpc) is 3.13. The molecule has 0 radical (unpaired) electrons. The Balaban J connectivity index is 1.73. The molecule has 114 valence electrons. The lowest BCUT2D eigenvalue weighted by atomic mass is 9.99. The Bertz CT molecular complexity index is 808. The number of thiophene rings is 1. The number of nitrogens with one attached hydrogen (secondary N) is 1. The van der Waals surface area contributed by atoms with Crippen LogP contribution in [0.3, 0.4) is 0 Å². The lowest BCUT2D eigenvalue weighted by Gasteiger charge is -2.22. The van der Waals surface area contributed by atoms with E-state index < -0.39 is 11.5 Å². The van der Waals surface area contributed by atoms with Gasteiger partial charge in [-0.25, -0.2) is 4.39 Å². The van der Waals surface area contributed by atoms with E-state index >= 15 is 0 Å². The van der Waals surface area contributed by atoms with Crippen molar-refractivity contribution in [3.05, 3.63) is 58.2 Å². The molecule has 0 spiro atoms. The van der Waals surface area contributed by atoms with Crippen molar-refractivity contribution in [3.8, 4) is 0 Å². The fourth-order valence-electron chi connectivity index (χ4n) is 2.14. The molecule has 0 fully saturated rings. The minimum atomic E-state index is -1.16. The van der Waals surface area contributed by atoms with Crippen LogP contribution in [-0.2, 0) is 5.60 Å². The molecule has 1 aromatic carbocycles. The molecule has 3 aromatic rings. The lowest BCUT2D eigenvalue weighted by molar-refractivity contribution is 0.0523. The first-order valence-electron chi connectivity index (χ1n) is 6.68. The predicted molar refractivity (Wildman–Crippen MR) is 82.4 cm³/mol. The van der Waals surface area contributed by atoms with Gasteiger partial charge < -0.3 is 14.8 Å². The summed E-state index contributed by atoms with van der Waals surface area (Å²) in [7, 11) is 0. The summed E-state index contributed by atoms with van der Waals surface area (Å²) in [6.45, 7) is 1.68. The van der Waals surface area contributed by atoms with Crippen LogP contribution in [0.5, 0.6) is 0 Å². The molecule has 0 aliphatic heterocycles. The second kappa shape index (κ2) is 5.55. The number of aliphatic hydroxyl groups is 1. The quantitative estimate of drug-likeness (QED) is 0.776. The van der Waals surface area contributed by atoms with Gasteiger partial charge in [-0.3, -0.25) is 4.79 Å². The van der Waals surface area contributed by atoms with Crippen molar-refractivity contribution in [1.82, 2.24) is 5.32 Å². The molecule has 1 unspecified atom stereocenters. The van der Waals surface area contributed by atoms with Crippen LogP contribution < -0.4 is 5.32 Å². The Hall–Kier alpha value is -2.18. The van der Waals surface area contributed by atoms with Gasteiger partial charge >= 0.3 is 0 Å². The molecule has 2 aromatic heterocycles. The lowest BCUT2D eigenvalue weighted by Crippen LogP contribution is -2.38. The molecule has 2 heterocycles. The van der Waals surface area contributed by atoms with Crippen LogP contribution in [-0.4, -0.2) is 17.6 Å². The van der Waals surface area contributed by atoms with Crippen molar-refractivity contribution in [2.45, 2.75) is 12.5 Å². The fraction of sp³-hybridized carbons (Fsp3) is 0.188. The maximum atomic E-state index is 13.1. The molecule has 2 N–H and O–H groups in total. The zero-order valence-corrected chi connectivity index (χ0v) is 12.6. The van der Waals surface area contributed by atoms with Crippen LogP contribution in [0, 0.1) is 5.82 Å². The maximum absolute atomic E-state index is 13.1. The number of carbonyl (C=O) groups excluding carboxylic acids is 1. The zero-order valence-electron chi connectivity index (χ0n) is 11.8. The first-order valence-corrected chi connectivity index (χ1v) is 7.62. The third kappa shape index (κ3) is 2.88. The summed E-state index contributed by atoms with van der Waals surface area (Å²) in [6, 6.07) is 7.34. The summed E-state index contributed by atoms with van der Waals surface area (Å²) < 4.78 is 18.5. The van der Waals surface area contributed by atoms with Crippen molar-refractivity contribution in [2.24, 2.45) is 0 Å². The van der Waals surface area contributed by atoms with E-state index in [0.717, 1.165) is 5.56 Å². The molecule has 0 aliphatic rings. The van der Waals surface area contributed by atoms with Crippen LogP contribution in [0.4, 0.5) is 4.39 Å². The van der Waals surface area contributed by atoms with E-state index in [1.807, 2.05) is 10.8 Å². The van der Waals surface area contributed by atoms with Gasteiger partial charge in [0.1, 0.15) is 17.0 Å². The highest BCUT2D eigenvalue weighted by Gasteiger charge is 2.25. The monoisotopic (exact) mass is 319 g/mol. The van der Waals surface area contributed by atoms with Crippen LogP contribution >= 0.6 is 11.3 Å². The Kier molecular flexibility index (Phi) is 3.72. The van der Waals surface area contributed by atoms with Crippen molar-refractivity contribution in [1.29, 1.82) is 0 Å². The molecule has 0 bridgehead atoms. The zero-order chi connectivity index (χ0) is 15.7. The van der Waals surface area contributed by atoms with Crippen LogP contribution in [0.2, 0.25) is 0 Å². The molecular formula is C16H14FNO3S. The highest BCUT2D eigenvalue weighted by molar-refractivity contribution is 7.08. The van der Waals surface area contributed by atoms with Gasteiger partial charge in [-0.1, -0.05) is 0 Å². The van der Waals surface area contributed by atoms with Gasteiger partial charge in [0.25, 0.3) is 5.91 Å². The van der Waals surface area contributed by atoms with Crippen molar-refractivity contribution >= 4 is 28.2 Å². The number of rotatable bonds is 4. The number of hydrogen-bond donors (Lipinski definition) is 2. The standard InChI is InChI=1S/C16H14FNO3S/c1-16(20,11-4-5-22-8-11)9-18-15(19)14-7-10-6-12(17)2-3-13(10)21-14/h2-8,20H,9H2,1H3,(H,18,19). The van der Waals surface area contributed by atoms with E-state index in [2.05, 4.69) is 5.32 Å². The Morgan fingerprint density at radius 3 is 2.95 bits per heavy atom. The Labute approximate surface area is 130 Å². The van der Waals surface area contributed by atoms with E-state index in [1.54, 1.807) is 13.0 Å². The van der Waals surface area contributed by atoms with E-state index in [0.29, 0.717) is 11.0 Å². The minimum Gasteiger partial charge on any atom is -0.451 e. The molecule has 1 atom stereocenters. The van der Waals surface area contributed by atoms with Crippen LogP contribution in [0.25, 0.3) is 11.0 Å². The van der Waals surface area contributed by atoms with Crippen molar-refractivity contribution in [3.63, 3.8) is 0 Å². The van der Waals surface area contributed by atoms with Crippen LogP contribution in [0.15, 0.2) is 45.5 Å². The summed E-state index contributed by atoms with van der Waals surface area (Å²) >= 11 is 1.47. The molecule has 0 aliphatic carbocycles. The SMILES string of the molecule is CC(O)(CNC(=O)c1cc2cc(F)ccc2o1)c1ccsc1. The third-order valence-corrected chi connectivity index (χ3v) is 4.12. The third-order valence-electron chi connectivity index (χ3n) is 3.44. The van der Waals surface area contributed by atoms with Gasteiger partial charge in [-0.2, -0.15) is 11.3 Å². The predicted octanol–water partition coefficient (Wildman–Crippen LogP) is 3.27. The summed E-state index contributed by atoms with van der Waals surface area (Å²) in [5.41, 5.74) is 0.0222. The number of hydrogen-bond acceptors (Lipinski definition) is 4. The number of benzene rings is 1. The van der Waals surface area contributed by atoms with Gasteiger partial charge in [0.2, 0.25) is 0 Å². The average molecular weight is 319 g/mol. The van der Waals surface area contributed by atoms with Gasteiger partial charge in [0.15, 0.2) is 5.76 Å². The molecule has 0 saturated heterocycles. The highest BCUT2D eigenvalue weighted by atomic mass is 32.1. The first kappa shape index (κ1) is 14.7. The number of furan rings is 1. The molecule has 0 saturated carbocycles. The normalized spacial score (nSPS) is 14.0. The summed E-state index contributed by atoms with van der Waals surface area (Å²) in [6.07, 6.45) is 0. The molecule has 22 heavy (non-hydrogen) atoms. The van der Waals surface area contributed by atoms with Gasteiger partial charge in [0.05, 0.1) is 6.54 Å². The summed E-state index contributed by atoms with van der Waals surface area (Å²) in [5, 5.41) is 17.2. The van der Waals surface area contributed by atoms with E-state index in [4.69, 9.17) is 4.42 Å². The number of fused-ring (bicyclic) bond motifs is 1. The molecule has 1 amide bonds. The maximum Gasteiger partial charge on any atom is 0.287 e. The molecule has 4 nitrogen and oxygen atoms in total. The Morgan fingerprint density at radius 1 is 1.41 bits per heavy atom. The largest absolute Gasteiger partial charge is 0.451 e. The minimum absolute atomic E-state index is 0.0496. The van der Waals surface area contributed by atoms with E-state index in [1.165, 1.54) is 35.6 Å². The second-order valence-electron chi connectivity index (χ2n) is 5.26. The number of halogens is 1. The first-order chi connectivity index (χ1) is 10.5. The van der Waals surface area contributed by atoms with E-state index in [-0.39, 0.29) is 18.1 Å². The fourth-order valence-corrected chi connectivity index (χ4v) is 2.92. The summed E-state index contributed by atoms with van der Waals surface area (Å²) in [5.74, 6) is -0.755. The molecule has 3 rings (SSSR count). The van der Waals surface area contributed by atoms with Crippen LogP contribution in [0.1, 0.15) is 23.0 Å². The van der Waals surface area contributed by atoms with Crippen molar-refractivity contribution in [2.75, 3.05) is 6.54 Å². The highest BCUT2D eigenvalue weighted by Crippen LogP contribution is 2.23.